The normalized spacial score (nSPS) is 18.4. The van der Waals surface area contributed by atoms with Crippen molar-refractivity contribution < 1.29 is 8.42 Å². The second-order valence-electron chi connectivity index (χ2n) is 5.87. The Morgan fingerprint density at radius 2 is 1.80 bits per heavy atom. The van der Waals surface area contributed by atoms with E-state index in [1.165, 1.54) is 12.8 Å². The maximum atomic E-state index is 12.5. The molecule has 3 nitrogen and oxygen atoms in total. The predicted molar refractivity (Wildman–Crippen MR) is 88.3 cm³/mol. The van der Waals surface area contributed by atoms with Gasteiger partial charge in [-0.15, -0.1) is 0 Å². The highest BCUT2D eigenvalue weighted by Gasteiger charge is 2.30. The fraction of sp³-hybridized carbons (Fsp3) is 0.571. The van der Waals surface area contributed by atoms with Crippen LogP contribution in [0.1, 0.15) is 38.2 Å². The second-order valence-corrected chi connectivity index (χ2v) is 9.32. The molecule has 6 heteroatoms. The van der Waals surface area contributed by atoms with Crippen LogP contribution < -0.4 is 4.72 Å². The van der Waals surface area contributed by atoms with Crippen molar-refractivity contribution >= 4 is 41.9 Å². The van der Waals surface area contributed by atoms with Gasteiger partial charge in [-0.1, -0.05) is 35.7 Å². The molecule has 112 valence electrons. The first kappa shape index (κ1) is 16.5. The van der Waals surface area contributed by atoms with Crippen molar-refractivity contribution in [2.24, 2.45) is 5.41 Å². The van der Waals surface area contributed by atoms with Crippen LogP contribution in [0.3, 0.4) is 0 Å². The molecule has 2 rings (SSSR count). The first-order valence-corrected chi connectivity index (χ1v) is 9.76. The molecule has 20 heavy (non-hydrogen) atoms. The van der Waals surface area contributed by atoms with Gasteiger partial charge in [-0.2, -0.15) is 0 Å². The minimum atomic E-state index is -3.48. The lowest BCUT2D eigenvalue weighted by Gasteiger charge is -2.23. The summed E-state index contributed by atoms with van der Waals surface area (Å²) in [5.74, 6) is 0. The average Bonchev–Trinajstić information content (AvgIpc) is 2.79. The number of hydrogen-bond donors (Lipinski definition) is 1. The topological polar surface area (TPSA) is 46.2 Å². The number of rotatable bonds is 4. The molecule has 0 spiro atoms. The van der Waals surface area contributed by atoms with Crippen LogP contribution in [0, 0.1) is 12.3 Å². The third-order valence-corrected chi connectivity index (χ3v) is 7.22. The van der Waals surface area contributed by atoms with Gasteiger partial charge in [0.05, 0.1) is 4.90 Å². The number of hydrogen-bond acceptors (Lipinski definition) is 2. The molecule has 0 radical (unpaired) electrons. The van der Waals surface area contributed by atoms with E-state index in [0.717, 1.165) is 22.9 Å². The summed E-state index contributed by atoms with van der Waals surface area (Å²) in [6.45, 7) is 4.59. The number of aryl methyl sites for hydroxylation is 1. The van der Waals surface area contributed by atoms with Crippen molar-refractivity contribution in [1.82, 2.24) is 4.72 Å². The van der Waals surface area contributed by atoms with E-state index in [-0.39, 0.29) is 10.3 Å². The van der Waals surface area contributed by atoms with Crippen molar-refractivity contribution in [3.05, 3.63) is 26.6 Å². The minimum absolute atomic E-state index is 0.0987. The largest absolute Gasteiger partial charge is 0.241 e. The molecule has 0 amide bonds. The summed E-state index contributed by atoms with van der Waals surface area (Å²) in [6, 6.07) is 3.47. The van der Waals surface area contributed by atoms with Crippen LogP contribution in [-0.2, 0) is 10.0 Å². The van der Waals surface area contributed by atoms with Crippen molar-refractivity contribution in [3.8, 4) is 0 Å². The lowest BCUT2D eigenvalue weighted by molar-refractivity contribution is 0.336. The van der Waals surface area contributed by atoms with Crippen LogP contribution in [0.15, 0.2) is 26.0 Å². The van der Waals surface area contributed by atoms with Gasteiger partial charge in [-0.3, -0.25) is 0 Å². The summed E-state index contributed by atoms with van der Waals surface area (Å²) >= 11 is 6.73. The van der Waals surface area contributed by atoms with Gasteiger partial charge < -0.3 is 0 Å². The standard InChI is InChI=1S/C14H19Br2NO2S/c1-10-7-12(16)13(8-11(10)15)20(18,19)17-9-14(2)5-3-4-6-14/h7-8,17H,3-6,9H2,1-2H3. The fourth-order valence-electron chi connectivity index (χ4n) is 2.59. The predicted octanol–water partition coefficient (Wildman–Crippen LogP) is 4.38. The fourth-order valence-corrected chi connectivity index (χ4v) is 5.46. The summed E-state index contributed by atoms with van der Waals surface area (Å²) in [5, 5.41) is 0. The first-order chi connectivity index (χ1) is 9.23. The van der Waals surface area contributed by atoms with Crippen LogP contribution in [0.4, 0.5) is 0 Å². The van der Waals surface area contributed by atoms with Gasteiger partial charge in [0.15, 0.2) is 0 Å². The van der Waals surface area contributed by atoms with Gasteiger partial charge in [0.2, 0.25) is 10.0 Å². The van der Waals surface area contributed by atoms with Crippen LogP contribution in [0.5, 0.6) is 0 Å². The summed E-state index contributed by atoms with van der Waals surface area (Å²) in [7, 11) is -3.48. The molecular weight excluding hydrogens is 406 g/mol. The molecule has 1 saturated carbocycles. The molecule has 0 unspecified atom stereocenters. The monoisotopic (exact) mass is 423 g/mol. The highest BCUT2D eigenvalue weighted by atomic mass is 79.9. The lowest BCUT2D eigenvalue weighted by Crippen LogP contribution is -2.34. The van der Waals surface area contributed by atoms with Gasteiger partial charge in [-0.25, -0.2) is 13.1 Å². The summed E-state index contributed by atoms with van der Waals surface area (Å²) in [6.07, 6.45) is 4.57. The molecule has 1 N–H and O–H groups in total. The highest BCUT2D eigenvalue weighted by molar-refractivity contribution is 9.11. The summed E-state index contributed by atoms with van der Waals surface area (Å²) in [4.78, 5) is 0.288. The van der Waals surface area contributed by atoms with Crippen LogP contribution >= 0.6 is 31.9 Å². The van der Waals surface area contributed by atoms with Crippen molar-refractivity contribution in [1.29, 1.82) is 0 Å². The Hall–Kier alpha value is 0.0900. The molecular formula is C14H19Br2NO2S. The Balaban J connectivity index is 2.20. The minimum Gasteiger partial charge on any atom is -0.211 e. The molecule has 0 saturated heterocycles. The smallest absolute Gasteiger partial charge is 0.211 e. The Bertz CT molecular complexity index is 608. The zero-order valence-electron chi connectivity index (χ0n) is 11.7. The van der Waals surface area contributed by atoms with E-state index in [1.807, 2.05) is 13.0 Å². The average molecular weight is 425 g/mol. The van der Waals surface area contributed by atoms with Crippen LogP contribution in [-0.4, -0.2) is 15.0 Å². The Morgan fingerprint density at radius 1 is 1.20 bits per heavy atom. The van der Waals surface area contributed by atoms with E-state index in [2.05, 4.69) is 43.5 Å². The molecule has 1 aromatic carbocycles. The second kappa shape index (κ2) is 6.07. The van der Waals surface area contributed by atoms with Crippen LogP contribution in [0.2, 0.25) is 0 Å². The Labute approximate surface area is 137 Å². The molecule has 0 atom stereocenters. The SMILES string of the molecule is Cc1cc(Br)c(S(=O)(=O)NCC2(C)CCCC2)cc1Br. The number of halogens is 2. The number of benzene rings is 1. The third-order valence-electron chi connectivity index (χ3n) is 4.00. The maximum absolute atomic E-state index is 12.5. The van der Waals surface area contributed by atoms with Gasteiger partial charge in [0.25, 0.3) is 0 Å². The number of nitrogens with one attached hydrogen (secondary N) is 1. The Kier molecular flexibility index (Phi) is 4.99. The van der Waals surface area contributed by atoms with E-state index in [0.29, 0.717) is 11.0 Å². The zero-order chi connectivity index (χ0) is 15.0. The molecule has 0 aromatic heterocycles. The van der Waals surface area contributed by atoms with E-state index in [4.69, 9.17) is 0 Å². The molecule has 0 bridgehead atoms. The van der Waals surface area contributed by atoms with Gasteiger partial charge in [0.1, 0.15) is 0 Å². The van der Waals surface area contributed by atoms with Crippen molar-refractivity contribution in [2.75, 3.05) is 6.54 Å². The van der Waals surface area contributed by atoms with Crippen LogP contribution in [0.25, 0.3) is 0 Å². The molecule has 1 fully saturated rings. The molecule has 0 aliphatic heterocycles. The van der Waals surface area contributed by atoms with E-state index in [9.17, 15) is 8.42 Å². The molecule has 1 aliphatic rings. The molecule has 1 aromatic rings. The van der Waals surface area contributed by atoms with Gasteiger partial charge >= 0.3 is 0 Å². The van der Waals surface area contributed by atoms with E-state index < -0.39 is 10.0 Å². The van der Waals surface area contributed by atoms with Gasteiger partial charge in [-0.05, 0) is 58.8 Å². The number of sulfonamides is 1. The lowest BCUT2D eigenvalue weighted by atomic mass is 9.89. The highest BCUT2D eigenvalue weighted by Crippen LogP contribution is 2.37. The summed E-state index contributed by atoms with van der Waals surface area (Å²) in [5.41, 5.74) is 1.10. The summed E-state index contributed by atoms with van der Waals surface area (Å²) < 4.78 is 29.1. The zero-order valence-corrected chi connectivity index (χ0v) is 15.7. The molecule has 1 aliphatic carbocycles. The van der Waals surface area contributed by atoms with E-state index >= 15 is 0 Å². The van der Waals surface area contributed by atoms with Crippen molar-refractivity contribution in [2.45, 2.75) is 44.4 Å². The van der Waals surface area contributed by atoms with Gasteiger partial charge in [0, 0.05) is 15.5 Å². The van der Waals surface area contributed by atoms with E-state index in [1.54, 1.807) is 6.07 Å². The third kappa shape index (κ3) is 3.64. The van der Waals surface area contributed by atoms with Crippen molar-refractivity contribution in [3.63, 3.8) is 0 Å². The quantitative estimate of drug-likeness (QED) is 0.779. The first-order valence-electron chi connectivity index (χ1n) is 6.69. The molecule has 0 heterocycles. The Morgan fingerprint density at radius 3 is 2.40 bits per heavy atom. The maximum Gasteiger partial charge on any atom is 0.241 e.